The molecule has 22 heavy (non-hydrogen) atoms. The first kappa shape index (κ1) is 15.2. The van der Waals surface area contributed by atoms with Gasteiger partial charge in [0.05, 0.1) is 23.0 Å². The first-order chi connectivity index (χ1) is 10.6. The van der Waals surface area contributed by atoms with Crippen LogP contribution in [0.1, 0.15) is 36.0 Å². The van der Waals surface area contributed by atoms with Gasteiger partial charge in [0, 0.05) is 17.2 Å². The number of rotatable bonds is 4. The Balaban J connectivity index is 1.75. The maximum Gasteiger partial charge on any atom is 0.254 e. The fourth-order valence-corrected chi connectivity index (χ4v) is 3.18. The monoisotopic (exact) mass is 362 g/mol. The minimum Gasteiger partial charge on any atom is -0.345 e. The van der Waals surface area contributed by atoms with Gasteiger partial charge in [-0.3, -0.25) is 4.79 Å². The van der Waals surface area contributed by atoms with E-state index in [0.29, 0.717) is 12.1 Å². The van der Waals surface area contributed by atoms with Crippen LogP contribution in [0.4, 0.5) is 0 Å². The Morgan fingerprint density at radius 1 is 1.32 bits per heavy atom. The second-order valence-electron chi connectivity index (χ2n) is 5.80. The van der Waals surface area contributed by atoms with E-state index < -0.39 is 0 Å². The van der Waals surface area contributed by atoms with Gasteiger partial charge in [0.15, 0.2) is 0 Å². The van der Waals surface area contributed by atoms with Crippen molar-refractivity contribution in [1.82, 2.24) is 15.1 Å². The number of amides is 1. The summed E-state index contributed by atoms with van der Waals surface area (Å²) in [5, 5.41) is 7.38. The number of hydrogen-bond donors (Lipinski definition) is 2. The zero-order chi connectivity index (χ0) is 15.6. The largest absolute Gasteiger partial charge is 0.345 e. The van der Waals surface area contributed by atoms with Gasteiger partial charge >= 0.3 is 0 Å². The van der Waals surface area contributed by atoms with Gasteiger partial charge in [-0.15, -0.1) is 0 Å². The summed E-state index contributed by atoms with van der Waals surface area (Å²) in [5.41, 5.74) is 7.10. The van der Waals surface area contributed by atoms with E-state index in [9.17, 15) is 4.79 Å². The summed E-state index contributed by atoms with van der Waals surface area (Å²) in [6.45, 7) is 0.486. The summed E-state index contributed by atoms with van der Waals surface area (Å²) in [4.78, 5) is 12.4. The smallest absolute Gasteiger partial charge is 0.254 e. The molecule has 1 aromatic heterocycles. The van der Waals surface area contributed by atoms with Crippen molar-refractivity contribution in [2.24, 2.45) is 5.73 Å². The van der Waals surface area contributed by atoms with Crippen molar-refractivity contribution in [2.75, 3.05) is 6.54 Å². The van der Waals surface area contributed by atoms with E-state index in [1.807, 2.05) is 24.3 Å². The molecule has 0 unspecified atom stereocenters. The fourth-order valence-electron chi connectivity index (χ4n) is 2.92. The normalized spacial score (nSPS) is 16.6. The van der Waals surface area contributed by atoms with Crippen LogP contribution >= 0.6 is 15.9 Å². The van der Waals surface area contributed by atoms with E-state index in [0.717, 1.165) is 35.8 Å². The highest BCUT2D eigenvalue weighted by molar-refractivity contribution is 9.10. The molecule has 0 spiro atoms. The minimum absolute atomic E-state index is 0.101. The van der Waals surface area contributed by atoms with Crippen molar-refractivity contribution >= 4 is 21.8 Å². The van der Waals surface area contributed by atoms with Crippen LogP contribution in [0.5, 0.6) is 0 Å². The molecule has 1 fully saturated rings. The zero-order valence-electron chi connectivity index (χ0n) is 12.3. The number of halogens is 1. The lowest BCUT2D eigenvalue weighted by molar-refractivity contribution is 0.0903. The Morgan fingerprint density at radius 2 is 2.00 bits per heavy atom. The summed E-state index contributed by atoms with van der Waals surface area (Å²) in [6, 6.07) is 7.77. The van der Waals surface area contributed by atoms with Gasteiger partial charge in [0.2, 0.25) is 0 Å². The number of carbonyl (C=O) groups excluding carboxylic acids is 1. The van der Waals surface area contributed by atoms with E-state index in [4.69, 9.17) is 5.73 Å². The molecule has 0 atom stereocenters. The summed E-state index contributed by atoms with van der Waals surface area (Å²) in [7, 11) is 0. The first-order valence-electron chi connectivity index (χ1n) is 7.45. The topological polar surface area (TPSA) is 72.9 Å². The summed E-state index contributed by atoms with van der Waals surface area (Å²) >= 11 is 3.40. The Morgan fingerprint density at radius 3 is 2.64 bits per heavy atom. The van der Waals surface area contributed by atoms with Crippen LogP contribution in [0.3, 0.4) is 0 Å². The average Bonchev–Trinajstić information content (AvgIpc) is 3.18. The van der Waals surface area contributed by atoms with Gasteiger partial charge in [0.25, 0.3) is 5.91 Å². The Hall–Kier alpha value is -1.66. The molecule has 1 heterocycles. The third-order valence-electron chi connectivity index (χ3n) is 4.27. The molecule has 5 nitrogen and oxygen atoms in total. The van der Waals surface area contributed by atoms with Gasteiger partial charge in [-0.1, -0.05) is 28.8 Å². The molecular weight excluding hydrogens is 344 g/mol. The molecule has 1 aliphatic carbocycles. The maximum atomic E-state index is 12.4. The molecule has 0 saturated heterocycles. The Labute approximate surface area is 138 Å². The first-order valence-corrected chi connectivity index (χ1v) is 8.24. The van der Waals surface area contributed by atoms with Gasteiger partial charge < -0.3 is 11.1 Å². The molecule has 6 heteroatoms. The molecule has 0 radical (unpaired) electrons. The van der Waals surface area contributed by atoms with E-state index in [-0.39, 0.29) is 11.4 Å². The van der Waals surface area contributed by atoms with Crippen molar-refractivity contribution < 1.29 is 4.79 Å². The molecule has 0 aliphatic heterocycles. The van der Waals surface area contributed by atoms with E-state index >= 15 is 0 Å². The second kappa shape index (κ2) is 6.22. The van der Waals surface area contributed by atoms with E-state index in [1.54, 1.807) is 17.1 Å². The lowest BCUT2D eigenvalue weighted by Crippen LogP contribution is -2.51. The predicted octanol–water partition coefficient (Wildman–Crippen LogP) is 2.64. The van der Waals surface area contributed by atoms with Gasteiger partial charge in [-0.2, -0.15) is 5.10 Å². The van der Waals surface area contributed by atoms with Gasteiger partial charge in [0.1, 0.15) is 0 Å². The number of carbonyl (C=O) groups is 1. The predicted molar refractivity (Wildman–Crippen MR) is 89.0 cm³/mol. The second-order valence-corrected chi connectivity index (χ2v) is 6.71. The average molecular weight is 363 g/mol. The lowest BCUT2D eigenvalue weighted by Gasteiger charge is -2.28. The molecule has 3 N–H and O–H groups in total. The fraction of sp³-hybridized carbons (Fsp3) is 0.375. The lowest BCUT2D eigenvalue weighted by atomic mass is 9.97. The quantitative estimate of drug-likeness (QED) is 0.877. The van der Waals surface area contributed by atoms with Gasteiger partial charge in [-0.25, -0.2) is 4.68 Å². The highest BCUT2D eigenvalue weighted by Crippen LogP contribution is 2.29. The summed E-state index contributed by atoms with van der Waals surface area (Å²) < 4.78 is 2.71. The molecule has 1 aromatic carbocycles. The number of nitrogens with two attached hydrogens (primary N) is 1. The Bertz CT molecular complexity index is 659. The molecule has 1 saturated carbocycles. The highest BCUT2D eigenvalue weighted by Gasteiger charge is 2.34. The highest BCUT2D eigenvalue weighted by atomic mass is 79.9. The summed E-state index contributed by atoms with van der Waals surface area (Å²) in [6.07, 6.45) is 7.49. The van der Waals surface area contributed by atoms with Crippen LogP contribution in [-0.4, -0.2) is 27.8 Å². The van der Waals surface area contributed by atoms with Crippen molar-refractivity contribution in [2.45, 2.75) is 31.2 Å². The third kappa shape index (κ3) is 3.08. The van der Waals surface area contributed by atoms with Crippen molar-refractivity contribution in [3.8, 4) is 5.69 Å². The maximum absolute atomic E-state index is 12.4. The Kier molecular flexibility index (Phi) is 4.31. The molecule has 1 aliphatic rings. The number of nitrogens with zero attached hydrogens (tertiary/aromatic N) is 2. The van der Waals surface area contributed by atoms with Crippen molar-refractivity contribution in [1.29, 1.82) is 0 Å². The number of nitrogens with one attached hydrogen (secondary N) is 1. The number of benzene rings is 1. The molecule has 0 bridgehead atoms. The van der Waals surface area contributed by atoms with Crippen molar-refractivity contribution in [3.63, 3.8) is 0 Å². The number of aromatic nitrogens is 2. The van der Waals surface area contributed by atoms with Crippen molar-refractivity contribution in [3.05, 3.63) is 46.7 Å². The standard InChI is InChI=1S/C16H19BrN4O/c17-13-3-5-14(6-4-13)21-10-12(9-19-21)15(22)20-16(11-18)7-1-2-8-16/h3-6,9-10H,1-2,7-8,11,18H2,(H,20,22). The van der Waals surface area contributed by atoms with E-state index in [2.05, 4.69) is 26.3 Å². The SMILES string of the molecule is NCC1(NC(=O)c2cnn(-c3ccc(Br)cc3)c2)CCCC1. The van der Waals surface area contributed by atoms with Crippen LogP contribution < -0.4 is 11.1 Å². The van der Waals surface area contributed by atoms with Crippen LogP contribution in [0.15, 0.2) is 41.1 Å². The number of hydrogen-bond acceptors (Lipinski definition) is 3. The summed E-state index contributed by atoms with van der Waals surface area (Å²) in [5.74, 6) is -0.101. The van der Waals surface area contributed by atoms with Crippen LogP contribution in [0, 0.1) is 0 Å². The third-order valence-corrected chi connectivity index (χ3v) is 4.79. The zero-order valence-corrected chi connectivity index (χ0v) is 13.8. The van der Waals surface area contributed by atoms with Crippen LogP contribution in [0.25, 0.3) is 5.69 Å². The molecule has 2 aromatic rings. The van der Waals surface area contributed by atoms with Gasteiger partial charge in [-0.05, 0) is 37.1 Å². The molecule has 3 rings (SSSR count). The van der Waals surface area contributed by atoms with Crippen LogP contribution in [0.2, 0.25) is 0 Å². The molecule has 1 amide bonds. The molecule has 116 valence electrons. The molecular formula is C16H19BrN4O. The van der Waals surface area contributed by atoms with Crippen LogP contribution in [-0.2, 0) is 0 Å². The minimum atomic E-state index is -0.239. The van der Waals surface area contributed by atoms with E-state index in [1.165, 1.54) is 0 Å².